The molecule has 7 nitrogen and oxygen atoms in total. The van der Waals surface area contributed by atoms with Crippen LogP contribution in [0.25, 0.3) is 0 Å². The molecule has 29 heavy (non-hydrogen) atoms. The first-order valence-corrected chi connectivity index (χ1v) is 10.3. The monoisotopic (exact) mass is 643 g/mol. The van der Waals surface area contributed by atoms with Gasteiger partial charge in [0.05, 0.1) is 24.2 Å². The second-order valence-corrected chi connectivity index (χ2v) is 8.52. The van der Waals surface area contributed by atoms with Gasteiger partial charge in [-0.25, -0.2) is 0 Å². The number of hydrogen-bond donors (Lipinski definition) is 1. The molecule has 2 saturated heterocycles. The Morgan fingerprint density at radius 1 is 1.10 bits per heavy atom. The summed E-state index contributed by atoms with van der Waals surface area (Å²) >= 11 is 0. The van der Waals surface area contributed by atoms with Gasteiger partial charge < -0.3 is 19.3 Å². The minimum atomic E-state index is -4.01. The van der Waals surface area contributed by atoms with Crippen LogP contribution in [0, 0.1) is 44.6 Å². The summed E-state index contributed by atoms with van der Waals surface area (Å²) in [5.41, 5.74) is 0.391. The average Bonchev–Trinajstić information content (AvgIpc) is 3.28. The Morgan fingerprint density at radius 2 is 1.79 bits per heavy atom. The molecule has 9 heteroatoms. The van der Waals surface area contributed by atoms with Crippen LogP contribution in [0.15, 0.2) is 59.5 Å². The summed E-state index contributed by atoms with van der Waals surface area (Å²) in [6.45, 7) is 2.40. The van der Waals surface area contributed by atoms with Crippen molar-refractivity contribution in [1.82, 2.24) is 0 Å². The zero-order chi connectivity index (χ0) is 19.8. The summed E-state index contributed by atoms with van der Waals surface area (Å²) in [4.78, 5) is 0.0375. The van der Waals surface area contributed by atoms with Crippen LogP contribution in [0.2, 0.25) is 0 Å². The van der Waals surface area contributed by atoms with E-state index in [4.69, 9.17) is 18.4 Å². The fourth-order valence-electron chi connectivity index (χ4n) is 3.26. The molecule has 2 aromatic carbocycles. The van der Waals surface area contributed by atoms with E-state index in [1.165, 1.54) is 18.7 Å². The predicted octanol–water partition coefficient (Wildman–Crippen LogP) is 2.11. The molecule has 154 valence electrons. The molecule has 0 spiro atoms. The number of aliphatic hydroxyl groups is 1. The van der Waals surface area contributed by atoms with Crippen LogP contribution in [-0.4, -0.2) is 44.5 Å². The number of fused-ring (bicyclic) bond motifs is 1. The molecule has 2 aliphatic rings. The Kier molecular flexibility index (Phi) is 7.24. The molecule has 0 aliphatic carbocycles. The van der Waals surface area contributed by atoms with Gasteiger partial charge in [-0.15, -0.1) is 0 Å². The van der Waals surface area contributed by atoms with E-state index in [-0.39, 0.29) is 36.0 Å². The summed E-state index contributed by atoms with van der Waals surface area (Å²) in [7, 11) is -4.01. The van der Waals surface area contributed by atoms with Crippen LogP contribution in [-0.2, 0) is 28.5 Å². The van der Waals surface area contributed by atoms with E-state index in [1.807, 2.05) is 37.3 Å². The number of aryl methyl sites for hydroxylation is 1. The smallest absolute Gasteiger partial charge is 0.297 e. The van der Waals surface area contributed by atoms with Gasteiger partial charge >= 0.3 is 0 Å². The summed E-state index contributed by atoms with van der Waals surface area (Å²) in [5.74, 6) is 0. The van der Waals surface area contributed by atoms with Crippen LogP contribution in [0.3, 0.4) is 0 Å². The number of hydrogen-bond acceptors (Lipinski definition) is 7. The fourth-order valence-corrected chi connectivity index (χ4v) is 4.22. The van der Waals surface area contributed by atoms with Crippen LogP contribution < -0.4 is 0 Å². The fraction of sp³-hybridized carbons (Fsp3) is 0.350. The van der Waals surface area contributed by atoms with E-state index in [1.54, 1.807) is 12.1 Å². The van der Waals surface area contributed by atoms with Crippen molar-refractivity contribution in [1.29, 1.82) is 0 Å². The first kappa shape index (κ1) is 22.9. The summed E-state index contributed by atoms with van der Waals surface area (Å²) in [6.07, 6.45) is -1.87. The molecule has 2 aromatic rings. The van der Waals surface area contributed by atoms with Gasteiger partial charge in [-0.05, 0) is 25.2 Å². The van der Waals surface area contributed by atoms with Crippen LogP contribution in [0.4, 0.5) is 0 Å². The topological polar surface area (TPSA) is 91.3 Å². The quantitative estimate of drug-likeness (QED) is 0.381. The molecule has 2 fully saturated rings. The second kappa shape index (κ2) is 9.17. The molecule has 0 saturated carbocycles. The first-order chi connectivity index (χ1) is 13.4. The minimum absolute atomic E-state index is 0. The third kappa shape index (κ3) is 4.63. The van der Waals surface area contributed by atoms with Crippen LogP contribution >= 0.6 is 0 Å². The number of aliphatic hydroxyl groups excluding tert-OH is 1. The zero-order valence-corrected chi connectivity index (χ0v) is 20.7. The van der Waals surface area contributed by atoms with Crippen molar-refractivity contribution in [2.75, 3.05) is 13.2 Å². The molecule has 2 heterocycles. The molecule has 1 N–H and O–H groups in total. The van der Waals surface area contributed by atoms with Gasteiger partial charge in [0.15, 0.2) is 6.29 Å². The normalized spacial score (nSPS) is 28.7. The van der Waals surface area contributed by atoms with Crippen molar-refractivity contribution in [3.05, 3.63) is 72.3 Å². The summed E-state index contributed by atoms with van der Waals surface area (Å²) in [5, 5.41) is 9.97. The van der Waals surface area contributed by atoms with Crippen molar-refractivity contribution in [3.63, 3.8) is 0 Å². The Balaban J connectivity index is 0.00000240. The Hall–Kier alpha value is -0.758. The van der Waals surface area contributed by atoms with Crippen LogP contribution in [0.5, 0.6) is 0 Å². The van der Waals surface area contributed by atoms with Crippen molar-refractivity contribution in [3.8, 4) is 0 Å². The third-order valence-corrected chi connectivity index (χ3v) is 6.19. The molecule has 2 aliphatic heterocycles. The van der Waals surface area contributed by atoms with E-state index in [0.29, 0.717) is 0 Å². The van der Waals surface area contributed by atoms with Gasteiger partial charge in [-0.3, -0.25) is 4.18 Å². The van der Waals surface area contributed by atoms with Gasteiger partial charge in [-0.1, -0.05) is 48.0 Å². The van der Waals surface area contributed by atoms with Gasteiger partial charge in [0.2, 0.25) is 0 Å². The maximum absolute atomic E-state index is 12.5. The molecule has 0 amide bonds. The molecule has 0 aromatic heterocycles. The Bertz CT molecular complexity index is 920. The number of rotatable bonds is 6. The molecule has 4 rings (SSSR count). The predicted molar refractivity (Wildman–Crippen MR) is 98.4 cm³/mol. The van der Waals surface area contributed by atoms with Crippen molar-refractivity contribution in [2.24, 2.45) is 0 Å². The average molecular weight is 643 g/mol. The van der Waals surface area contributed by atoms with E-state index in [2.05, 4.69) is 0 Å². The molecular weight excluding hydrogens is 622 g/mol. The van der Waals surface area contributed by atoms with Crippen molar-refractivity contribution >= 4 is 10.1 Å². The number of benzene rings is 2. The third-order valence-electron chi connectivity index (χ3n) is 4.91. The number of ether oxygens (including phenoxy) is 3. The van der Waals surface area contributed by atoms with E-state index in [9.17, 15) is 13.5 Å². The second-order valence-electron chi connectivity index (χ2n) is 6.91. The molecular formula is C20H21O7SU-. The van der Waals surface area contributed by atoms with Crippen molar-refractivity contribution < 1.29 is 63.0 Å². The standard InChI is InChI=1S/C20H21O7S.U/c1-14-7-9-16(10-8-14)28(22,23)25-13-20(12-21)18-17(11-24-20)26-19(27-18)15-5-3-2-4-6-15;/h2-11,17-19,21H,12-13H2,1H3;/q-1;/t17-,18?,19?,20+;/m1./s1. The molecule has 2 unspecified atom stereocenters. The largest absolute Gasteiger partial charge is 0.540 e. The summed E-state index contributed by atoms with van der Waals surface area (Å²) < 4.78 is 47.6. The van der Waals surface area contributed by atoms with Crippen LogP contribution in [0.1, 0.15) is 17.4 Å². The van der Waals surface area contributed by atoms with Gasteiger partial charge in [0, 0.05) is 36.7 Å². The van der Waals surface area contributed by atoms with E-state index in [0.717, 1.165) is 11.1 Å². The summed E-state index contributed by atoms with van der Waals surface area (Å²) in [6, 6.07) is 15.7. The molecule has 4 atom stereocenters. The minimum Gasteiger partial charge on any atom is -0.540 e. The molecule has 0 bridgehead atoms. The zero-order valence-electron chi connectivity index (χ0n) is 15.7. The van der Waals surface area contributed by atoms with Crippen molar-refractivity contribution in [2.45, 2.75) is 35.9 Å². The van der Waals surface area contributed by atoms with Gasteiger partial charge in [0.1, 0.15) is 5.60 Å². The maximum Gasteiger partial charge on any atom is 0.297 e. The van der Waals surface area contributed by atoms with E-state index >= 15 is 0 Å². The van der Waals surface area contributed by atoms with Gasteiger partial charge in [-0.2, -0.15) is 15.0 Å². The Labute approximate surface area is 193 Å². The maximum atomic E-state index is 12.5. The van der Waals surface area contributed by atoms with Gasteiger partial charge in [0.25, 0.3) is 10.1 Å². The SMILES string of the molecule is Cc1ccc(S(=O)(=O)OC[C@]2(CO)O[CH-][C@H]3OC(c4ccccc4)OC32)cc1.[U]. The first-order valence-electron chi connectivity index (χ1n) is 8.87. The van der Waals surface area contributed by atoms with E-state index < -0.39 is 47.4 Å². The Morgan fingerprint density at radius 3 is 2.45 bits per heavy atom. The molecule has 0 radical (unpaired) electrons.